The number of aliphatic hydroxyl groups excluding tert-OH is 1. The van der Waals surface area contributed by atoms with Crippen molar-refractivity contribution in [1.82, 2.24) is 14.7 Å². The van der Waals surface area contributed by atoms with Crippen molar-refractivity contribution in [2.75, 3.05) is 26.2 Å². The molecule has 45 heavy (non-hydrogen) atoms. The van der Waals surface area contributed by atoms with E-state index >= 15 is 0 Å². The second-order valence-electron chi connectivity index (χ2n) is 12.6. The lowest BCUT2D eigenvalue weighted by atomic mass is 9.64. The van der Waals surface area contributed by atoms with Crippen LogP contribution in [0, 0.1) is 11.8 Å². The molecule has 2 aromatic rings. The molecule has 8 nitrogen and oxygen atoms in total. The lowest BCUT2D eigenvalue weighted by molar-refractivity contribution is -0.155. The molecule has 3 aliphatic rings. The molecule has 2 bridgehead atoms. The molecular formula is C37H47N3O5. The summed E-state index contributed by atoms with van der Waals surface area (Å²) >= 11 is 0. The molecule has 3 amide bonds. The van der Waals surface area contributed by atoms with Gasteiger partial charge >= 0.3 is 0 Å². The highest BCUT2D eigenvalue weighted by atomic mass is 16.5. The number of ether oxygens (including phenoxy) is 1. The molecule has 5 rings (SSSR count). The summed E-state index contributed by atoms with van der Waals surface area (Å²) in [7, 11) is 0. The first kappa shape index (κ1) is 32.6. The maximum Gasteiger partial charge on any atom is 0.248 e. The van der Waals surface area contributed by atoms with Crippen LogP contribution in [0.2, 0.25) is 0 Å². The Morgan fingerprint density at radius 3 is 2.02 bits per heavy atom. The molecular weight excluding hydrogens is 566 g/mol. The third-order valence-corrected chi connectivity index (χ3v) is 9.99. The number of fused-ring (bicyclic) bond motifs is 1. The Morgan fingerprint density at radius 2 is 1.49 bits per heavy atom. The van der Waals surface area contributed by atoms with Crippen molar-refractivity contribution in [2.24, 2.45) is 11.8 Å². The van der Waals surface area contributed by atoms with Crippen molar-refractivity contribution >= 4 is 17.7 Å². The van der Waals surface area contributed by atoms with E-state index in [-0.39, 0.29) is 24.3 Å². The van der Waals surface area contributed by atoms with E-state index in [0.717, 1.165) is 17.5 Å². The standard InChI is InChI=1S/C37H47N3O5/c1-4-22-38(26-28-16-10-7-11-17-28)33(42)30-31-34(43)40(24-14-9-15-25-41)32(37(31)21-20-36(30,6-3)45-37)35(44)39(23-5-2)27-29-18-12-8-13-19-29/h4-5,7-8,10-13,16-19,30-32,41H,1-2,6,9,14-15,20-27H2,3H3/t30-,31+,32?,36+,37?/m1/s1. The van der Waals surface area contributed by atoms with Crippen LogP contribution in [-0.2, 0) is 32.2 Å². The number of amides is 3. The molecule has 0 aliphatic carbocycles. The molecule has 3 aliphatic heterocycles. The highest BCUT2D eigenvalue weighted by molar-refractivity contribution is 5.99. The fourth-order valence-electron chi connectivity index (χ4n) is 7.94. The van der Waals surface area contributed by atoms with E-state index in [9.17, 15) is 19.5 Å². The number of rotatable bonds is 16. The predicted octanol–water partition coefficient (Wildman–Crippen LogP) is 4.73. The molecule has 2 unspecified atom stereocenters. The highest BCUT2D eigenvalue weighted by Crippen LogP contribution is 2.64. The zero-order valence-electron chi connectivity index (χ0n) is 26.5. The molecule has 2 aromatic carbocycles. The Bertz CT molecular complexity index is 1370. The summed E-state index contributed by atoms with van der Waals surface area (Å²) in [5.74, 6) is -1.93. The monoisotopic (exact) mass is 613 g/mol. The molecule has 1 N–H and O–H groups in total. The summed E-state index contributed by atoms with van der Waals surface area (Å²) in [6.45, 7) is 11.7. The van der Waals surface area contributed by atoms with Crippen molar-refractivity contribution in [3.8, 4) is 0 Å². The SMILES string of the molecule is C=CCN(Cc1ccccc1)C(=O)C1N(CCCCCO)C(=O)[C@@H]2[C@H](C(=O)N(CC=C)Cc3ccccc3)[C@]3(CC)CCC12O3. The Balaban J connectivity index is 1.53. The van der Waals surface area contributed by atoms with Crippen LogP contribution in [0.15, 0.2) is 86.0 Å². The van der Waals surface area contributed by atoms with Crippen LogP contribution in [0.5, 0.6) is 0 Å². The minimum atomic E-state index is -1.09. The van der Waals surface area contributed by atoms with Crippen molar-refractivity contribution in [3.05, 3.63) is 97.1 Å². The summed E-state index contributed by atoms with van der Waals surface area (Å²) < 4.78 is 7.02. The summed E-state index contributed by atoms with van der Waals surface area (Å²) in [6.07, 6.45) is 7.15. The number of carbonyl (C=O) groups excluding carboxylic acids is 3. The van der Waals surface area contributed by atoms with Gasteiger partial charge in [0.1, 0.15) is 11.6 Å². The van der Waals surface area contributed by atoms with Gasteiger partial charge in [-0.15, -0.1) is 13.2 Å². The molecule has 240 valence electrons. The van der Waals surface area contributed by atoms with Crippen molar-refractivity contribution in [3.63, 3.8) is 0 Å². The van der Waals surface area contributed by atoms with E-state index in [2.05, 4.69) is 13.2 Å². The average molecular weight is 614 g/mol. The van der Waals surface area contributed by atoms with Crippen LogP contribution >= 0.6 is 0 Å². The van der Waals surface area contributed by atoms with E-state index in [4.69, 9.17) is 4.74 Å². The van der Waals surface area contributed by atoms with Gasteiger partial charge in [-0.2, -0.15) is 0 Å². The first-order valence-electron chi connectivity index (χ1n) is 16.3. The fourth-order valence-corrected chi connectivity index (χ4v) is 7.94. The van der Waals surface area contributed by atoms with E-state index in [0.29, 0.717) is 64.8 Å². The van der Waals surface area contributed by atoms with E-state index in [1.54, 1.807) is 26.9 Å². The van der Waals surface area contributed by atoms with E-state index in [1.165, 1.54) is 0 Å². The van der Waals surface area contributed by atoms with Crippen molar-refractivity contribution < 1.29 is 24.2 Å². The van der Waals surface area contributed by atoms with E-state index < -0.39 is 29.1 Å². The van der Waals surface area contributed by atoms with Crippen molar-refractivity contribution in [2.45, 2.75) is 75.8 Å². The number of hydrogen-bond acceptors (Lipinski definition) is 5. The number of benzene rings is 2. The Morgan fingerprint density at radius 1 is 0.911 bits per heavy atom. The number of hydrogen-bond donors (Lipinski definition) is 1. The molecule has 5 atom stereocenters. The van der Waals surface area contributed by atoms with Crippen LogP contribution in [0.4, 0.5) is 0 Å². The number of aliphatic hydroxyl groups is 1. The first-order chi connectivity index (χ1) is 21.9. The first-order valence-corrected chi connectivity index (χ1v) is 16.3. The number of unbranched alkanes of at least 4 members (excludes halogenated alkanes) is 2. The number of likely N-dealkylation sites (tertiary alicyclic amines) is 1. The van der Waals surface area contributed by atoms with Gasteiger partial charge in [0.25, 0.3) is 0 Å². The third-order valence-electron chi connectivity index (χ3n) is 9.99. The van der Waals surface area contributed by atoms with Crippen LogP contribution < -0.4 is 0 Å². The van der Waals surface area contributed by atoms with Gasteiger partial charge in [-0.05, 0) is 49.7 Å². The second kappa shape index (κ2) is 14.1. The second-order valence-corrected chi connectivity index (χ2v) is 12.6. The normalized spacial score (nSPS) is 26.5. The summed E-state index contributed by atoms with van der Waals surface area (Å²) in [4.78, 5) is 49.2. The van der Waals surface area contributed by atoms with Crippen LogP contribution in [0.3, 0.4) is 0 Å². The minimum Gasteiger partial charge on any atom is -0.396 e. The molecule has 1 spiro atoms. The minimum absolute atomic E-state index is 0.0757. The van der Waals surface area contributed by atoms with Gasteiger partial charge in [-0.1, -0.05) is 79.7 Å². The molecule has 3 saturated heterocycles. The van der Waals surface area contributed by atoms with Gasteiger partial charge in [0.2, 0.25) is 17.7 Å². The fraction of sp³-hybridized carbons (Fsp3) is 0.486. The molecule has 3 heterocycles. The predicted molar refractivity (Wildman–Crippen MR) is 174 cm³/mol. The maximum absolute atomic E-state index is 14.7. The smallest absolute Gasteiger partial charge is 0.248 e. The third kappa shape index (κ3) is 6.10. The zero-order valence-corrected chi connectivity index (χ0v) is 26.5. The van der Waals surface area contributed by atoms with Gasteiger partial charge in [-0.3, -0.25) is 14.4 Å². The lowest BCUT2D eigenvalue weighted by Gasteiger charge is -2.37. The van der Waals surface area contributed by atoms with Crippen molar-refractivity contribution in [1.29, 1.82) is 0 Å². The van der Waals surface area contributed by atoms with Crippen LogP contribution in [0.25, 0.3) is 0 Å². The van der Waals surface area contributed by atoms with Gasteiger partial charge in [-0.25, -0.2) is 0 Å². The molecule has 0 radical (unpaired) electrons. The van der Waals surface area contributed by atoms with Gasteiger partial charge in [0, 0.05) is 39.3 Å². The Labute approximate surface area is 267 Å². The molecule has 8 heteroatoms. The van der Waals surface area contributed by atoms with Gasteiger partial charge in [0.05, 0.1) is 17.4 Å². The highest BCUT2D eigenvalue weighted by Gasteiger charge is 2.79. The quantitative estimate of drug-likeness (QED) is 0.218. The lowest BCUT2D eigenvalue weighted by Crippen LogP contribution is -2.56. The Hall–Kier alpha value is -3.75. The molecule has 3 fully saturated rings. The topological polar surface area (TPSA) is 90.4 Å². The van der Waals surface area contributed by atoms with Gasteiger partial charge in [0.15, 0.2) is 0 Å². The largest absolute Gasteiger partial charge is 0.396 e. The average Bonchev–Trinajstić information content (AvgIpc) is 3.66. The summed E-state index contributed by atoms with van der Waals surface area (Å²) in [5, 5.41) is 9.37. The maximum atomic E-state index is 14.7. The van der Waals surface area contributed by atoms with Crippen LogP contribution in [0.1, 0.15) is 56.6 Å². The molecule has 0 aromatic heterocycles. The van der Waals surface area contributed by atoms with E-state index in [1.807, 2.05) is 67.6 Å². The molecule has 0 saturated carbocycles. The number of nitrogens with zero attached hydrogens (tertiary/aromatic N) is 3. The Kier molecular flexibility index (Phi) is 10.2. The number of carbonyl (C=O) groups is 3. The van der Waals surface area contributed by atoms with Gasteiger partial charge < -0.3 is 24.5 Å². The summed E-state index contributed by atoms with van der Waals surface area (Å²) in [6, 6.07) is 18.8. The summed E-state index contributed by atoms with van der Waals surface area (Å²) in [5.41, 5.74) is 0.0626. The van der Waals surface area contributed by atoms with Crippen LogP contribution in [-0.4, -0.2) is 81.0 Å². The zero-order chi connectivity index (χ0) is 32.0.